The lowest BCUT2D eigenvalue weighted by Gasteiger charge is -2.28. The van der Waals surface area contributed by atoms with Crippen LogP contribution >= 0.6 is 0 Å². The number of carbonyl (C=O) groups is 1. The zero-order valence-electron chi connectivity index (χ0n) is 12.1. The summed E-state index contributed by atoms with van der Waals surface area (Å²) >= 11 is 0. The summed E-state index contributed by atoms with van der Waals surface area (Å²) in [6.07, 6.45) is 2.63. The fourth-order valence-electron chi connectivity index (χ4n) is 2.73. The highest BCUT2D eigenvalue weighted by atomic mass is 19.3. The van der Waals surface area contributed by atoms with Gasteiger partial charge in [-0.05, 0) is 38.5 Å². The van der Waals surface area contributed by atoms with E-state index < -0.39 is 5.92 Å². The molecule has 0 atom stereocenters. The maximum Gasteiger partial charge on any atom is 0.289 e. The molecule has 116 valence electrons. The van der Waals surface area contributed by atoms with Gasteiger partial charge in [0.15, 0.2) is 0 Å². The van der Waals surface area contributed by atoms with Crippen LogP contribution in [-0.2, 0) is 6.54 Å². The van der Waals surface area contributed by atoms with Crippen LogP contribution in [0, 0.1) is 12.8 Å². The van der Waals surface area contributed by atoms with Crippen molar-refractivity contribution in [2.45, 2.75) is 64.0 Å². The minimum absolute atomic E-state index is 0.161. The molecule has 2 saturated carbocycles. The van der Waals surface area contributed by atoms with Crippen molar-refractivity contribution in [1.82, 2.24) is 20.1 Å². The summed E-state index contributed by atoms with van der Waals surface area (Å²) in [6, 6.07) is -0.191. The molecule has 0 unspecified atom stereocenters. The molecule has 1 amide bonds. The average Bonchev–Trinajstić information content (AvgIpc) is 3.14. The molecule has 2 aliphatic carbocycles. The van der Waals surface area contributed by atoms with E-state index in [4.69, 9.17) is 0 Å². The van der Waals surface area contributed by atoms with Crippen LogP contribution in [0.1, 0.15) is 55.0 Å². The lowest BCUT2D eigenvalue weighted by Crippen LogP contribution is -2.41. The first-order chi connectivity index (χ1) is 9.93. The van der Waals surface area contributed by atoms with Gasteiger partial charge in [0.2, 0.25) is 11.7 Å². The number of carbonyl (C=O) groups excluding carboxylic acids is 1. The number of halogens is 2. The molecule has 0 spiro atoms. The number of alkyl halides is 2. The first-order valence-electron chi connectivity index (χ1n) is 7.53. The van der Waals surface area contributed by atoms with Crippen molar-refractivity contribution in [2.75, 3.05) is 0 Å². The Kier molecular flexibility index (Phi) is 3.67. The van der Waals surface area contributed by atoms with Gasteiger partial charge in [-0.2, -0.15) is 5.10 Å². The Bertz CT molecular complexity index is 529. The molecule has 2 aliphatic rings. The van der Waals surface area contributed by atoms with Gasteiger partial charge in [-0.15, -0.1) is 0 Å². The van der Waals surface area contributed by atoms with Crippen LogP contribution in [0.3, 0.4) is 0 Å². The summed E-state index contributed by atoms with van der Waals surface area (Å²) < 4.78 is 27.9. The van der Waals surface area contributed by atoms with E-state index in [2.05, 4.69) is 15.4 Å². The lowest BCUT2D eigenvalue weighted by atomic mass is 9.92. The van der Waals surface area contributed by atoms with E-state index in [9.17, 15) is 13.6 Å². The van der Waals surface area contributed by atoms with Gasteiger partial charge in [0.05, 0.1) is 0 Å². The predicted molar refractivity (Wildman–Crippen MR) is 72.2 cm³/mol. The Morgan fingerprint density at radius 1 is 1.33 bits per heavy atom. The first kappa shape index (κ1) is 14.4. The molecule has 2 fully saturated rings. The smallest absolute Gasteiger partial charge is 0.289 e. The van der Waals surface area contributed by atoms with E-state index in [0.717, 1.165) is 12.8 Å². The molecule has 1 aromatic heterocycles. The SMILES string of the molecule is Cc1nc(C(=O)NC2CCC(F)(F)CC2)n(CC2CC2)n1. The molecule has 0 bridgehead atoms. The molecule has 21 heavy (non-hydrogen) atoms. The van der Waals surface area contributed by atoms with Crippen LogP contribution in [0.15, 0.2) is 0 Å². The molecule has 7 heteroatoms. The number of aryl methyl sites for hydroxylation is 1. The Hall–Kier alpha value is -1.53. The number of hydrogen-bond donors (Lipinski definition) is 1. The number of nitrogens with zero attached hydrogens (tertiary/aromatic N) is 3. The third kappa shape index (κ3) is 3.57. The molecular weight excluding hydrogens is 278 g/mol. The fraction of sp³-hybridized carbons (Fsp3) is 0.786. The van der Waals surface area contributed by atoms with Crippen LogP contribution in [0.4, 0.5) is 8.78 Å². The second kappa shape index (κ2) is 5.35. The quantitative estimate of drug-likeness (QED) is 0.928. The number of nitrogens with one attached hydrogen (secondary N) is 1. The molecule has 5 nitrogen and oxygen atoms in total. The highest BCUT2D eigenvalue weighted by Crippen LogP contribution is 2.33. The topological polar surface area (TPSA) is 59.8 Å². The van der Waals surface area contributed by atoms with Gasteiger partial charge < -0.3 is 5.32 Å². The molecule has 1 aromatic rings. The van der Waals surface area contributed by atoms with Crippen LogP contribution in [0.2, 0.25) is 0 Å². The highest BCUT2D eigenvalue weighted by molar-refractivity contribution is 5.90. The van der Waals surface area contributed by atoms with Gasteiger partial charge in [0.25, 0.3) is 5.91 Å². The number of amides is 1. The molecule has 3 rings (SSSR count). The maximum atomic E-state index is 13.1. The maximum absolute atomic E-state index is 13.1. The van der Waals surface area contributed by atoms with E-state index in [1.165, 1.54) is 0 Å². The van der Waals surface area contributed by atoms with Crippen molar-refractivity contribution >= 4 is 5.91 Å². The summed E-state index contributed by atoms with van der Waals surface area (Å²) in [5, 5.41) is 7.08. The van der Waals surface area contributed by atoms with Crippen LogP contribution in [0.5, 0.6) is 0 Å². The molecule has 0 radical (unpaired) electrons. The van der Waals surface area contributed by atoms with Crippen molar-refractivity contribution in [3.05, 3.63) is 11.6 Å². The Balaban J connectivity index is 1.62. The standard InChI is InChI=1S/C14H20F2N4O/c1-9-17-12(20(19-9)8-10-2-3-10)13(21)18-11-4-6-14(15,16)7-5-11/h10-11H,2-8H2,1H3,(H,18,21). The van der Waals surface area contributed by atoms with E-state index in [1.54, 1.807) is 11.6 Å². The number of hydrogen-bond acceptors (Lipinski definition) is 3. The molecular formula is C14H20F2N4O. The van der Waals surface area contributed by atoms with Crippen LogP contribution in [-0.4, -0.2) is 32.6 Å². The lowest BCUT2D eigenvalue weighted by molar-refractivity contribution is -0.0399. The van der Waals surface area contributed by atoms with Gasteiger partial charge in [-0.3, -0.25) is 4.79 Å². The average molecular weight is 298 g/mol. The van der Waals surface area contributed by atoms with E-state index in [1.807, 2.05) is 0 Å². The van der Waals surface area contributed by atoms with Crippen LogP contribution < -0.4 is 5.32 Å². The summed E-state index contributed by atoms with van der Waals surface area (Å²) in [5.41, 5.74) is 0. The summed E-state index contributed by atoms with van der Waals surface area (Å²) in [6.45, 7) is 2.47. The highest BCUT2D eigenvalue weighted by Gasteiger charge is 2.36. The molecule has 1 heterocycles. The van der Waals surface area contributed by atoms with Crippen molar-refractivity contribution in [1.29, 1.82) is 0 Å². The van der Waals surface area contributed by atoms with Gasteiger partial charge in [-0.25, -0.2) is 18.4 Å². The Morgan fingerprint density at radius 2 is 2.00 bits per heavy atom. The number of aromatic nitrogens is 3. The Labute approximate surface area is 122 Å². The Morgan fingerprint density at radius 3 is 2.62 bits per heavy atom. The fourth-order valence-corrected chi connectivity index (χ4v) is 2.73. The predicted octanol–water partition coefficient (Wildman–Crippen LogP) is 2.30. The minimum atomic E-state index is -2.58. The van der Waals surface area contributed by atoms with Gasteiger partial charge >= 0.3 is 0 Å². The third-order valence-electron chi connectivity index (χ3n) is 4.16. The molecule has 0 aromatic carbocycles. The van der Waals surface area contributed by atoms with Gasteiger partial charge in [0, 0.05) is 25.4 Å². The minimum Gasteiger partial charge on any atom is -0.347 e. The molecule has 1 N–H and O–H groups in total. The van der Waals surface area contributed by atoms with Crippen molar-refractivity contribution in [2.24, 2.45) is 5.92 Å². The third-order valence-corrected chi connectivity index (χ3v) is 4.16. The monoisotopic (exact) mass is 298 g/mol. The second-order valence-electron chi connectivity index (χ2n) is 6.21. The zero-order valence-corrected chi connectivity index (χ0v) is 12.1. The van der Waals surface area contributed by atoms with Crippen molar-refractivity contribution in [3.63, 3.8) is 0 Å². The van der Waals surface area contributed by atoms with E-state index in [-0.39, 0.29) is 24.8 Å². The summed E-state index contributed by atoms with van der Waals surface area (Å²) in [5.74, 6) is -1.42. The van der Waals surface area contributed by atoms with Crippen molar-refractivity contribution < 1.29 is 13.6 Å². The zero-order chi connectivity index (χ0) is 15.0. The van der Waals surface area contributed by atoms with Gasteiger partial charge in [-0.1, -0.05) is 0 Å². The molecule has 0 saturated heterocycles. The normalized spacial score (nSPS) is 22.2. The van der Waals surface area contributed by atoms with E-state index >= 15 is 0 Å². The van der Waals surface area contributed by atoms with Gasteiger partial charge in [0.1, 0.15) is 5.82 Å². The summed E-state index contributed by atoms with van der Waals surface area (Å²) in [7, 11) is 0. The second-order valence-corrected chi connectivity index (χ2v) is 6.21. The van der Waals surface area contributed by atoms with Crippen LogP contribution in [0.25, 0.3) is 0 Å². The van der Waals surface area contributed by atoms with Crippen molar-refractivity contribution in [3.8, 4) is 0 Å². The summed E-state index contributed by atoms with van der Waals surface area (Å²) in [4.78, 5) is 16.5. The molecule has 0 aliphatic heterocycles. The first-order valence-corrected chi connectivity index (χ1v) is 7.53. The van der Waals surface area contributed by atoms with E-state index in [0.29, 0.717) is 37.0 Å². The largest absolute Gasteiger partial charge is 0.347 e. The number of rotatable bonds is 4.